The lowest BCUT2D eigenvalue weighted by molar-refractivity contribution is 0.166. The molecular weight excluding hydrogens is 971 g/mol. The third-order valence-corrected chi connectivity index (χ3v) is 18.7. The number of nitrogens with one attached hydrogen (secondary N) is 2. The van der Waals surface area contributed by atoms with Gasteiger partial charge in [0, 0.05) is 85.2 Å². The summed E-state index contributed by atoms with van der Waals surface area (Å²) < 4.78 is 4.19. The van der Waals surface area contributed by atoms with Gasteiger partial charge in [0.1, 0.15) is 0 Å². The molecule has 2 spiro atoms. The van der Waals surface area contributed by atoms with Gasteiger partial charge in [-0.05, 0) is 110 Å². The molecule has 0 unspecified atom stereocenters. The Labute approximate surface area is 425 Å². The minimum atomic E-state index is 0.266. The molecule has 2 saturated heterocycles. The number of halogens is 4. The molecule has 2 fully saturated rings. The van der Waals surface area contributed by atoms with Crippen molar-refractivity contribution < 1.29 is 0 Å². The summed E-state index contributed by atoms with van der Waals surface area (Å²) in [6.07, 6.45) is 18.3. The van der Waals surface area contributed by atoms with E-state index in [0.717, 1.165) is 107 Å². The van der Waals surface area contributed by atoms with E-state index in [4.69, 9.17) is 56.4 Å². The summed E-state index contributed by atoms with van der Waals surface area (Å²) in [6.45, 7) is 3.89. The van der Waals surface area contributed by atoms with Crippen molar-refractivity contribution in [3.8, 4) is 0 Å². The number of benzene rings is 4. The zero-order valence-electron chi connectivity index (χ0n) is 37.7. The van der Waals surface area contributed by atoms with E-state index in [1.54, 1.807) is 35.7 Å². The zero-order chi connectivity index (χ0) is 46.6. The lowest BCUT2D eigenvalue weighted by Crippen LogP contribution is -2.45. The van der Waals surface area contributed by atoms with Crippen molar-refractivity contribution in [1.82, 2.24) is 39.4 Å². The first-order valence-electron chi connectivity index (χ1n) is 23.1. The van der Waals surface area contributed by atoms with Crippen molar-refractivity contribution in [2.24, 2.45) is 10.8 Å². The van der Waals surface area contributed by atoms with E-state index in [9.17, 15) is 0 Å². The molecule has 4 aromatic carbocycles. The maximum Gasteiger partial charge on any atom is 0.211 e. The molecule has 4 aliphatic rings. The predicted octanol–water partition coefficient (Wildman–Crippen LogP) is 12.6. The molecule has 0 saturated carbocycles. The lowest BCUT2D eigenvalue weighted by Gasteiger charge is -2.43. The van der Waals surface area contributed by atoms with Gasteiger partial charge >= 0.3 is 0 Å². The van der Waals surface area contributed by atoms with E-state index in [1.807, 2.05) is 61.4 Å². The molecule has 68 heavy (non-hydrogen) atoms. The second kappa shape index (κ2) is 19.0. The Morgan fingerprint density at radius 2 is 0.926 bits per heavy atom. The number of imidazole rings is 2. The van der Waals surface area contributed by atoms with Gasteiger partial charge in [0.2, 0.25) is 11.9 Å². The number of fused-ring (bicyclic) bond motifs is 4. The van der Waals surface area contributed by atoms with Gasteiger partial charge < -0.3 is 20.4 Å². The molecule has 4 aromatic heterocycles. The number of hydrogen-bond acceptors (Lipinski definition) is 10. The van der Waals surface area contributed by atoms with Crippen molar-refractivity contribution in [2.75, 3.05) is 50.1 Å². The highest BCUT2D eigenvalue weighted by atomic mass is 35.5. The summed E-state index contributed by atoms with van der Waals surface area (Å²) in [5.74, 6) is 1.89. The molecule has 2 aliphatic heterocycles. The monoisotopic (exact) mass is 1020 g/mol. The molecule has 12 rings (SSSR count). The van der Waals surface area contributed by atoms with Gasteiger partial charge in [0.15, 0.2) is 11.3 Å². The molecule has 0 radical (unpaired) electrons. The van der Waals surface area contributed by atoms with Crippen LogP contribution >= 0.6 is 69.9 Å². The standard InChI is InChI=1S/2C26H25Cl2N5S/c2*1-29-23-18-6-3-2-5-17(18)15-26(23)9-12-32(13-10-26)25-31-16-21(24-30-11-14-33(24)25)34-20-8-4-7-19(27)22(20)28/h2*2-8,11,14,16,23,29H,9-10,12-13,15H2,1H3/t2*23-/m10/s1. The van der Waals surface area contributed by atoms with Crippen LogP contribution in [0.25, 0.3) is 11.3 Å². The van der Waals surface area contributed by atoms with Gasteiger partial charge in [0.25, 0.3) is 0 Å². The summed E-state index contributed by atoms with van der Waals surface area (Å²) in [6, 6.07) is 30.0. The molecule has 2 N–H and O–H groups in total. The lowest BCUT2D eigenvalue weighted by atomic mass is 9.73. The Kier molecular flexibility index (Phi) is 12.8. The van der Waals surface area contributed by atoms with Crippen molar-refractivity contribution >= 4 is 93.1 Å². The second-order valence-electron chi connectivity index (χ2n) is 18.3. The third kappa shape index (κ3) is 8.22. The van der Waals surface area contributed by atoms with Crippen LogP contribution < -0.4 is 20.4 Å². The van der Waals surface area contributed by atoms with E-state index >= 15 is 0 Å². The predicted molar refractivity (Wildman–Crippen MR) is 279 cm³/mol. The van der Waals surface area contributed by atoms with Crippen molar-refractivity contribution in [3.63, 3.8) is 0 Å². The quantitative estimate of drug-likeness (QED) is 0.153. The average Bonchev–Trinajstić information content (AvgIpc) is 4.17. The molecule has 10 nitrogen and oxygen atoms in total. The first kappa shape index (κ1) is 45.9. The largest absolute Gasteiger partial charge is 0.342 e. The number of rotatable bonds is 8. The summed E-state index contributed by atoms with van der Waals surface area (Å²) >= 11 is 28.4. The highest BCUT2D eigenvalue weighted by Crippen LogP contribution is 2.54. The zero-order valence-corrected chi connectivity index (χ0v) is 42.3. The molecule has 2 atom stereocenters. The highest BCUT2D eigenvalue weighted by Gasteiger charge is 2.48. The van der Waals surface area contributed by atoms with Gasteiger partial charge in [-0.2, -0.15) is 0 Å². The Morgan fingerprint density at radius 1 is 0.515 bits per heavy atom. The molecule has 8 aromatic rings. The van der Waals surface area contributed by atoms with Gasteiger partial charge in [0.05, 0.1) is 29.9 Å². The van der Waals surface area contributed by atoms with Crippen LogP contribution in [0.1, 0.15) is 60.0 Å². The van der Waals surface area contributed by atoms with Crippen LogP contribution in [-0.4, -0.2) is 69.0 Å². The molecule has 2 aliphatic carbocycles. The van der Waals surface area contributed by atoms with Crippen LogP contribution in [0.4, 0.5) is 11.9 Å². The van der Waals surface area contributed by atoms with Crippen LogP contribution in [0.15, 0.2) is 142 Å². The van der Waals surface area contributed by atoms with Crippen LogP contribution in [0.2, 0.25) is 20.1 Å². The summed E-state index contributed by atoms with van der Waals surface area (Å²) in [7, 11) is 4.19. The second-order valence-corrected chi connectivity index (χ2v) is 22.0. The van der Waals surface area contributed by atoms with Gasteiger partial charge in [-0.15, -0.1) is 0 Å². The van der Waals surface area contributed by atoms with E-state index in [0.29, 0.717) is 32.2 Å². The molecule has 16 heteroatoms. The smallest absolute Gasteiger partial charge is 0.211 e. The molecular formula is C52H50Cl4N10S2. The van der Waals surface area contributed by atoms with Crippen LogP contribution in [-0.2, 0) is 12.8 Å². The Hall–Kier alpha value is -4.50. The SMILES string of the molecule is CN[C@@H]1c2ccccc2CC12CCN(c1ncc(Sc3cccc(Cl)c3Cl)c3nccn13)CC2.CN[C@H]1c2ccccc2CC12CCN(c1ncc(Sc3cccc(Cl)c3Cl)c3nccn13)CC2. The third-order valence-electron chi connectivity index (χ3n) is 14.7. The molecule has 0 bridgehead atoms. The van der Waals surface area contributed by atoms with Gasteiger partial charge in [-0.1, -0.05) is 131 Å². The van der Waals surface area contributed by atoms with Crippen molar-refractivity contribution in [1.29, 1.82) is 0 Å². The number of piperidine rings is 2. The Bertz CT molecular complexity index is 2930. The fourth-order valence-electron chi connectivity index (χ4n) is 11.5. The van der Waals surface area contributed by atoms with Crippen LogP contribution in [0.3, 0.4) is 0 Å². The van der Waals surface area contributed by atoms with E-state index in [-0.39, 0.29) is 10.8 Å². The maximum absolute atomic E-state index is 6.42. The minimum absolute atomic E-state index is 0.266. The Balaban J connectivity index is 0.000000149. The summed E-state index contributed by atoms with van der Waals surface area (Å²) in [5, 5.41) is 9.46. The van der Waals surface area contributed by atoms with Crippen molar-refractivity contribution in [2.45, 2.75) is 70.2 Å². The van der Waals surface area contributed by atoms with Gasteiger partial charge in [-0.25, -0.2) is 19.9 Å². The maximum atomic E-state index is 6.42. The van der Waals surface area contributed by atoms with E-state index in [2.05, 4.69) is 102 Å². The normalized spacial score (nSPS) is 19.1. The highest BCUT2D eigenvalue weighted by molar-refractivity contribution is 8.00. The fraction of sp³-hybridized carbons (Fsp3) is 0.308. The Morgan fingerprint density at radius 3 is 1.34 bits per heavy atom. The van der Waals surface area contributed by atoms with Crippen LogP contribution in [0.5, 0.6) is 0 Å². The molecule has 0 amide bonds. The topological polar surface area (TPSA) is 90.9 Å². The molecule has 6 heterocycles. The summed E-state index contributed by atoms with van der Waals surface area (Å²) in [5.41, 5.74) is 8.21. The van der Waals surface area contributed by atoms with Crippen LogP contribution in [0, 0.1) is 10.8 Å². The van der Waals surface area contributed by atoms with E-state index < -0.39 is 0 Å². The van der Waals surface area contributed by atoms with Crippen molar-refractivity contribution in [3.05, 3.63) is 164 Å². The minimum Gasteiger partial charge on any atom is -0.342 e. The summed E-state index contributed by atoms with van der Waals surface area (Å²) in [4.78, 5) is 27.5. The number of nitrogens with zero attached hydrogens (tertiary/aromatic N) is 8. The first-order chi connectivity index (χ1) is 33.2. The average molecular weight is 1020 g/mol. The number of aromatic nitrogens is 6. The van der Waals surface area contributed by atoms with E-state index in [1.165, 1.54) is 22.3 Å². The number of anilines is 2. The van der Waals surface area contributed by atoms with Gasteiger partial charge in [-0.3, -0.25) is 8.80 Å². The number of hydrogen-bond donors (Lipinski definition) is 2. The first-order valence-corrected chi connectivity index (χ1v) is 26.2. The fourth-order valence-corrected chi connectivity index (χ4v) is 14.3. The molecule has 348 valence electrons.